The van der Waals surface area contributed by atoms with Gasteiger partial charge in [-0.15, -0.1) is 0 Å². The number of nitrogens with one attached hydrogen (secondary N) is 1. The maximum atomic E-state index is 13.4. The van der Waals surface area contributed by atoms with Crippen molar-refractivity contribution in [1.82, 2.24) is 15.1 Å². The summed E-state index contributed by atoms with van der Waals surface area (Å²) in [6, 6.07) is 9.03. The average Bonchev–Trinajstić information content (AvgIpc) is 3.30. The number of carbonyl (C=O) groups is 2. The molecule has 4 saturated carbocycles. The fourth-order valence-corrected chi connectivity index (χ4v) is 6.59. The van der Waals surface area contributed by atoms with E-state index in [0.717, 1.165) is 30.5 Å². The van der Waals surface area contributed by atoms with Crippen LogP contribution < -0.4 is 5.32 Å². The third kappa shape index (κ3) is 4.07. The van der Waals surface area contributed by atoms with E-state index in [1.165, 1.54) is 19.3 Å². The molecule has 0 saturated heterocycles. The Morgan fingerprint density at radius 1 is 1.09 bits per heavy atom. The average molecular weight is 436 g/mol. The molecule has 32 heavy (non-hydrogen) atoms. The molecule has 0 spiro atoms. The van der Waals surface area contributed by atoms with E-state index in [9.17, 15) is 9.59 Å². The standard InChI is InChI=1S/C26H33N3O3/c1-17(2)23(28-25(31)26-13-19-10-20(14-26)12-21(11-19)15-26)24(30)32-16-18-4-6-22(7-5-18)29-9-3-8-27-29/h3-9,17,19-21,23H,10-16H2,1-2H3,(H,28,31). The van der Waals surface area contributed by atoms with Gasteiger partial charge in [-0.2, -0.15) is 5.10 Å². The van der Waals surface area contributed by atoms with Gasteiger partial charge in [-0.05, 0) is 86.0 Å². The van der Waals surface area contributed by atoms with Crippen LogP contribution in [-0.2, 0) is 20.9 Å². The van der Waals surface area contributed by atoms with Crippen molar-refractivity contribution in [2.45, 2.75) is 65.0 Å². The summed E-state index contributed by atoms with van der Waals surface area (Å²) in [4.78, 5) is 26.3. The van der Waals surface area contributed by atoms with Gasteiger partial charge in [0.05, 0.1) is 5.69 Å². The first kappa shape index (κ1) is 21.2. The number of carbonyl (C=O) groups excluding carboxylic acids is 2. The summed E-state index contributed by atoms with van der Waals surface area (Å²) in [5.74, 6) is 1.79. The molecular formula is C26H33N3O3. The lowest BCUT2D eigenvalue weighted by atomic mass is 9.49. The van der Waals surface area contributed by atoms with E-state index in [1.807, 2.05) is 50.4 Å². The van der Waals surface area contributed by atoms with Crippen molar-refractivity contribution in [2.24, 2.45) is 29.1 Å². The van der Waals surface area contributed by atoms with E-state index >= 15 is 0 Å². The summed E-state index contributed by atoms with van der Waals surface area (Å²) < 4.78 is 7.41. The van der Waals surface area contributed by atoms with Crippen molar-refractivity contribution in [3.05, 3.63) is 48.3 Å². The lowest BCUT2D eigenvalue weighted by Crippen LogP contribution is -2.57. The lowest BCUT2D eigenvalue weighted by molar-refractivity contribution is -0.156. The second-order valence-corrected chi connectivity index (χ2v) is 10.6. The molecule has 6 nitrogen and oxygen atoms in total. The number of benzene rings is 1. The molecule has 1 atom stereocenters. The highest BCUT2D eigenvalue weighted by molar-refractivity contribution is 5.88. The normalized spacial score (nSPS) is 29.2. The Hall–Kier alpha value is -2.63. The van der Waals surface area contributed by atoms with Gasteiger partial charge in [0.1, 0.15) is 12.6 Å². The zero-order valence-electron chi connectivity index (χ0n) is 19.0. The number of amides is 1. The van der Waals surface area contributed by atoms with E-state index in [0.29, 0.717) is 17.8 Å². The van der Waals surface area contributed by atoms with Gasteiger partial charge in [0.15, 0.2) is 0 Å². The van der Waals surface area contributed by atoms with Crippen LogP contribution in [0, 0.1) is 29.1 Å². The molecule has 1 unspecified atom stereocenters. The van der Waals surface area contributed by atoms with Crippen LogP contribution in [0.2, 0.25) is 0 Å². The quantitative estimate of drug-likeness (QED) is 0.659. The largest absolute Gasteiger partial charge is 0.459 e. The summed E-state index contributed by atoms with van der Waals surface area (Å²) in [5.41, 5.74) is 1.60. The Balaban J connectivity index is 1.20. The van der Waals surface area contributed by atoms with E-state index in [2.05, 4.69) is 10.4 Å². The molecule has 4 fully saturated rings. The van der Waals surface area contributed by atoms with Gasteiger partial charge in [-0.25, -0.2) is 9.48 Å². The number of hydrogen-bond acceptors (Lipinski definition) is 4. The van der Waals surface area contributed by atoms with Crippen molar-refractivity contribution >= 4 is 11.9 Å². The van der Waals surface area contributed by atoms with Crippen LogP contribution in [0.5, 0.6) is 0 Å². The molecule has 170 valence electrons. The molecule has 4 bridgehead atoms. The van der Waals surface area contributed by atoms with Crippen LogP contribution in [0.3, 0.4) is 0 Å². The minimum Gasteiger partial charge on any atom is -0.459 e. The van der Waals surface area contributed by atoms with Gasteiger partial charge < -0.3 is 10.1 Å². The summed E-state index contributed by atoms with van der Waals surface area (Å²) in [6.07, 6.45) is 10.5. The van der Waals surface area contributed by atoms with E-state index in [1.54, 1.807) is 10.9 Å². The van der Waals surface area contributed by atoms with Crippen molar-refractivity contribution in [3.63, 3.8) is 0 Å². The molecule has 1 aromatic carbocycles. The molecule has 6 heteroatoms. The molecule has 4 aliphatic carbocycles. The first-order chi connectivity index (χ1) is 15.4. The maximum Gasteiger partial charge on any atom is 0.329 e. The van der Waals surface area contributed by atoms with Gasteiger partial charge in [0.2, 0.25) is 5.91 Å². The molecule has 0 aliphatic heterocycles. The highest BCUT2D eigenvalue weighted by Gasteiger charge is 2.55. The molecule has 2 aromatic rings. The smallest absolute Gasteiger partial charge is 0.329 e. The summed E-state index contributed by atoms with van der Waals surface area (Å²) >= 11 is 0. The van der Waals surface area contributed by atoms with Crippen LogP contribution in [0.15, 0.2) is 42.7 Å². The number of ether oxygens (including phenoxy) is 1. The van der Waals surface area contributed by atoms with Crippen molar-refractivity contribution < 1.29 is 14.3 Å². The number of rotatable bonds is 7. The van der Waals surface area contributed by atoms with E-state index in [-0.39, 0.29) is 29.8 Å². The van der Waals surface area contributed by atoms with E-state index in [4.69, 9.17) is 4.74 Å². The Bertz CT molecular complexity index is 929. The highest BCUT2D eigenvalue weighted by Crippen LogP contribution is 2.60. The zero-order valence-corrected chi connectivity index (χ0v) is 19.0. The van der Waals surface area contributed by atoms with Crippen LogP contribution in [0.4, 0.5) is 0 Å². The minimum absolute atomic E-state index is 0.0254. The molecule has 1 aromatic heterocycles. The fraction of sp³-hybridized carbons (Fsp3) is 0.577. The Morgan fingerprint density at radius 2 is 1.72 bits per heavy atom. The molecule has 4 aliphatic rings. The topological polar surface area (TPSA) is 73.2 Å². The maximum absolute atomic E-state index is 13.4. The molecular weight excluding hydrogens is 402 g/mol. The van der Waals surface area contributed by atoms with Crippen LogP contribution in [0.1, 0.15) is 57.9 Å². The zero-order chi connectivity index (χ0) is 22.3. The van der Waals surface area contributed by atoms with E-state index < -0.39 is 6.04 Å². The van der Waals surface area contributed by atoms with Crippen molar-refractivity contribution in [1.29, 1.82) is 0 Å². The third-order valence-corrected chi connectivity index (χ3v) is 7.81. The summed E-state index contributed by atoms with van der Waals surface area (Å²) in [7, 11) is 0. The second kappa shape index (κ2) is 8.38. The summed E-state index contributed by atoms with van der Waals surface area (Å²) in [5, 5.41) is 7.33. The number of nitrogens with zero attached hydrogens (tertiary/aromatic N) is 2. The number of hydrogen-bond donors (Lipinski definition) is 1. The first-order valence-corrected chi connectivity index (χ1v) is 12.0. The lowest BCUT2D eigenvalue weighted by Gasteiger charge is -2.55. The Labute approximate surface area is 189 Å². The van der Waals surface area contributed by atoms with Crippen molar-refractivity contribution in [3.8, 4) is 5.69 Å². The molecule has 0 radical (unpaired) electrons. The highest BCUT2D eigenvalue weighted by atomic mass is 16.5. The van der Waals surface area contributed by atoms with Gasteiger partial charge >= 0.3 is 5.97 Å². The Morgan fingerprint density at radius 3 is 2.25 bits per heavy atom. The van der Waals surface area contributed by atoms with Crippen molar-refractivity contribution in [2.75, 3.05) is 0 Å². The number of esters is 1. The first-order valence-electron chi connectivity index (χ1n) is 12.0. The predicted octanol–water partition coefficient (Wildman–Crippen LogP) is 4.27. The molecule has 1 amide bonds. The minimum atomic E-state index is -0.612. The van der Waals surface area contributed by atoms with Gasteiger partial charge in [-0.1, -0.05) is 26.0 Å². The monoisotopic (exact) mass is 435 g/mol. The molecule has 6 rings (SSSR count). The third-order valence-electron chi connectivity index (χ3n) is 7.81. The fourth-order valence-electron chi connectivity index (χ4n) is 6.59. The van der Waals surface area contributed by atoms with Gasteiger partial charge in [-0.3, -0.25) is 4.79 Å². The molecule has 1 heterocycles. The SMILES string of the molecule is CC(C)C(NC(=O)C12CC3CC(CC(C3)C1)C2)C(=O)OCc1ccc(-n2cccn2)cc1. The number of aromatic nitrogens is 2. The predicted molar refractivity (Wildman–Crippen MR) is 121 cm³/mol. The molecule has 1 N–H and O–H groups in total. The van der Waals surface area contributed by atoms with Crippen LogP contribution in [0.25, 0.3) is 5.69 Å². The van der Waals surface area contributed by atoms with Gasteiger partial charge in [0.25, 0.3) is 0 Å². The van der Waals surface area contributed by atoms with Crippen LogP contribution >= 0.6 is 0 Å². The second-order valence-electron chi connectivity index (χ2n) is 10.6. The van der Waals surface area contributed by atoms with Crippen LogP contribution in [-0.4, -0.2) is 27.7 Å². The van der Waals surface area contributed by atoms with Gasteiger partial charge in [0, 0.05) is 17.8 Å². The Kier molecular flexibility index (Phi) is 5.56. The summed E-state index contributed by atoms with van der Waals surface area (Å²) in [6.45, 7) is 4.12.